The highest BCUT2D eigenvalue weighted by Crippen LogP contribution is 2.19. The zero-order valence-corrected chi connectivity index (χ0v) is 14.9. The van der Waals surface area contributed by atoms with Crippen LogP contribution in [0.25, 0.3) is 0 Å². The van der Waals surface area contributed by atoms with Gasteiger partial charge in [-0.1, -0.05) is 0 Å². The van der Waals surface area contributed by atoms with Crippen LogP contribution in [0.1, 0.15) is 12.8 Å². The third kappa shape index (κ3) is 5.38. The van der Waals surface area contributed by atoms with Gasteiger partial charge in [0.15, 0.2) is 0 Å². The smallest absolute Gasteiger partial charge is 0.119 e. The molecule has 128 valence electrons. The maximum atomic E-state index is 5.86. The van der Waals surface area contributed by atoms with Gasteiger partial charge < -0.3 is 9.47 Å². The second-order valence-electron chi connectivity index (χ2n) is 6.30. The lowest BCUT2D eigenvalue weighted by Gasteiger charge is -2.35. The lowest BCUT2D eigenvalue weighted by Crippen LogP contribution is -2.49. The molecule has 2 heterocycles. The summed E-state index contributed by atoms with van der Waals surface area (Å²) >= 11 is 1.76. The van der Waals surface area contributed by atoms with E-state index in [4.69, 9.17) is 9.47 Å². The minimum absolute atomic E-state index is 0.481. The number of thioether (sulfide) groups is 1. The lowest BCUT2D eigenvalue weighted by atomic mass is 10.2. The van der Waals surface area contributed by atoms with Gasteiger partial charge >= 0.3 is 0 Å². The molecule has 1 aromatic rings. The van der Waals surface area contributed by atoms with Crippen molar-refractivity contribution in [2.24, 2.45) is 0 Å². The Morgan fingerprint density at radius 3 is 2.52 bits per heavy atom. The van der Waals surface area contributed by atoms with Crippen molar-refractivity contribution in [1.29, 1.82) is 0 Å². The summed E-state index contributed by atoms with van der Waals surface area (Å²) in [5.41, 5.74) is 0. The minimum Gasteiger partial charge on any atom is -0.492 e. The van der Waals surface area contributed by atoms with E-state index in [0.29, 0.717) is 6.10 Å². The van der Waals surface area contributed by atoms with Gasteiger partial charge in [-0.15, -0.1) is 11.8 Å². The molecular formula is C18H28N2O2S. The molecule has 0 amide bonds. The fraction of sp³-hybridized carbons (Fsp3) is 0.667. The normalized spacial score (nSPS) is 23.3. The second kappa shape index (κ2) is 8.92. The topological polar surface area (TPSA) is 24.9 Å². The Labute approximate surface area is 144 Å². The number of benzene rings is 1. The first-order valence-electron chi connectivity index (χ1n) is 8.66. The van der Waals surface area contributed by atoms with Gasteiger partial charge in [-0.25, -0.2) is 0 Å². The summed E-state index contributed by atoms with van der Waals surface area (Å²) in [5, 5.41) is 0. The fourth-order valence-corrected chi connectivity index (χ4v) is 3.64. The molecule has 2 saturated heterocycles. The quantitative estimate of drug-likeness (QED) is 0.713. The van der Waals surface area contributed by atoms with Gasteiger partial charge in [-0.05, 0) is 43.4 Å². The van der Waals surface area contributed by atoms with E-state index in [0.717, 1.165) is 58.2 Å². The van der Waals surface area contributed by atoms with Crippen molar-refractivity contribution in [1.82, 2.24) is 9.80 Å². The molecule has 2 fully saturated rings. The lowest BCUT2D eigenvalue weighted by molar-refractivity contribution is 0.0478. The summed E-state index contributed by atoms with van der Waals surface area (Å²) in [7, 11) is 0. The van der Waals surface area contributed by atoms with Crippen LogP contribution in [0.3, 0.4) is 0 Å². The zero-order valence-electron chi connectivity index (χ0n) is 14.1. The van der Waals surface area contributed by atoms with E-state index < -0.39 is 0 Å². The molecule has 0 aromatic heterocycles. The van der Waals surface area contributed by atoms with Crippen molar-refractivity contribution in [3.63, 3.8) is 0 Å². The summed E-state index contributed by atoms with van der Waals surface area (Å²) in [6, 6.07) is 8.35. The third-order valence-corrected chi connectivity index (χ3v) is 5.43. The van der Waals surface area contributed by atoms with Crippen molar-refractivity contribution in [2.75, 3.05) is 58.7 Å². The molecule has 1 atom stereocenters. The van der Waals surface area contributed by atoms with Crippen LogP contribution in [-0.4, -0.2) is 74.6 Å². The van der Waals surface area contributed by atoms with E-state index in [-0.39, 0.29) is 0 Å². The molecule has 5 heteroatoms. The zero-order chi connectivity index (χ0) is 15.9. The Kier molecular flexibility index (Phi) is 6.63. The van der Waals surface area contributed by atoms with E-state index in [1.54, 1.807) is 11.8 Å². The molecule has 3 rings (SSSR count). The monoisotopic (exact) mass is 336 g/mol. The van der Waals surface area contributed by atoms with Crippen LogP contribution < -0.4 is 4.74 Å². The van der Waals surface area contributed by atoms with Crippen molar-refractivity contribution in [3.8, 4) is 5.75 Å². The van der Waals surface area contributed by atoms with Gasteiger partial charge in [0, 0.05) is 50.8 Å². The largest absolute Gasteiger partial charge is 0.492 e. The Morgan fingerprint density at radius 2 is 1.87 bits per heavy atom. The summed E-state index contributed by atoms with van der Waals surface area (Å²) in [4.78, 5) is 6.33. The summed E-state index contributed by atoms with van der Waals surface area (Å²) in [6.07, 6.45) is 5.05. The molecule has 0 bridgehead atoms. The summed E-state index contributed by atoms with van der Waals surface area (Å²) in [6.45, 7) is 8.45. The molecule has 0 radical (unpaired) electrons. The van der Waals surface area contributed by atoms with Crippen LogP contribution in [0.15, 0.2) is 29.2 Å². The SMILES string of the molecule is CSc1ccc(OCCN2CCN(C[C@@H]3CCCO3)CC2)cc1. The molecule has 0 saturated carbocycles. The highest BCUT2D eigenvalue weighted by Gasteiger charge is 2.22. The predicted octanol–water partition coefficient (Wildman–Crippen LogP) is 2.58. The third-order valence-electron chi connectivity index (χ3n) is 4.69. The molecule has 4 nitrogen and oxygen atoms in total. The van der Waals surface area contributed by atoms with Crippen LogP contribution in [0.5, 0.6) is 5.75 Å². The van der Waals surface area contributed by atoms with Gasteiger partial charge in [0.2, 0.25) is 0 Å². The van der Waals surface area contributed by atoms with Gasteiger partial charge in [0.1, 0.15) is 12.4 Å². The molecule has 1 aromatic carbocycles. The summed E-state index contributed by atoms with van der Waals surface area (Å²) < 4.78 is 11.6. The van der Waals surface area contributed by atoms with Crippen LogP contribution in [0.4, 0.5) is 0 Å². The first kappa shape index (κ1) is 17.1. The number of hydrogen-bond donors (Lipinski definition) is 0. The van der Waals surface area contributed by atoms with E-state index in [9.17, 15) is 0 Å². The van der Waals surface area contributed by atoms with E-state index in [1.807, 2.05) is 0 Å². The van der Waals surface area contributed by atoms with Crippen LogP contribution in [0, 0.1) is 0 Å². The molecule has 2 aliphatic rings. The van der Waals surface area contributed by atoms with Gasteiger partial charge in [0.25, 0.3) is 0 Å². The van der Waals surface area contributed by atoms with Gasteiger partial charge in [-0.3, -0.25) is 9.80 Å². The molecular weight excluding hydrogens is 308 g/mol. The van der Waals surface area contributed by atoms with Crippen LogP contribution in [0.2, 0.25) is 0 Å². The molecule has 0 aliphatic carbocycles. The molecule has 0 unspecified atom stereocenters. The Balaban J connectivity index is 1.31. The minimum atomic E-state index is 0.481. The molecule has 0 N–H and O–H groups in total. The first-order chi connectivity index (χ1) is 11.3. The van der Waals surface area contributed by atoms with Gasteiger partial charge in [-0.2, -0.15) is 0 Å². The second-order valence-corrected chi connectivity index (χ2v) is 7.18. The maximum absolute atomic E-state index is 5.86. The highest BCUT2D eigenvalue weighted by atomic mass is 32.2. The number of ether oxygens (including phenoxy) is 2. The van der Waals surface area contributed by atoms with Crippen LogP contribution >= 0.6 is 11.8 Å². The Hall–Kier alpha value is -0.750. The molecule has 2 aliphatic heterocycles. The molecule has 0 spiro atoms. The number of piperazine rings is 1. The van der Waals surface area contributed by atoms with E-state index >= 15 is 0 Å². The number of hydrogen-bond acceptors (Lipinski definition) is 5. The van der Waals surface area contributed by atoms with Crippen LogP contribution in [-0.2, 0) is 4.74 Å². The van der Waals surface area contributed by atoms with Crippen molar-refractivity contribution < 1.29 is 9.47 Å². The average Bonchev–Trinajstić information content (AvgIpc) is 3.10. The first-order valence-corrected chi connectivity index (χ1v) is 9.89. The Morgan fingerprint density at radius 1 is 1.13 bits per heavy atom. The predicted molar refractivity (Wildman–Crippen MR) is 95.6 cm³/mol. The number of rotatable bonds is 7. The van der Waals surface area contributed by atoms with E-state index in [1.165, 1.54) is 17.7 Å². The highest BCUT2D eigenvalue weighted by molar-refractivity contribution is 7.98. The average molecular weight is 337 g/mol. The Bertz CT molecular complexity index is 455. The van der Waals surface area contributed by atoms with Crippen molar-refractivity contribution in [3.05, 3.63) is 24.3 Å². The molecule has 23 heavy (non-hydrogen) atoms. The number of nitrogens with zero attached hydrogens (tertiary/aromatic N) is 2. The van der Waals surface area contributed by atoms with Crippen molar-refractivity contribution in [2.45, 2.75) is 23.8 Å². The fourth-order valence-electron chi connectivity index (χ4n) is 3.24. The van der Waals surface area contributed by atoms with Crippen molar-refractivity contribution >= 4 is 11.8 Å². The summed E-state index contributed by atoms with van der Waals surface area (Å²) in [5.74, 6) is 0.972. The standard InChI is InChI=1S/C18H28N2O2S/c1-23-18-6-4-16(5-7-18)22-14-12-19-8-10-20(11-9-19)15-17-3-2-13-21-17/h4-7,17H,2-3,8-15H2,1H3/t17-/m0/s1. The van der Waals surface area contributed by atoms with Gasteiger partial charge in [0.05, 0.1) is 6.10 Å². The van der Waals surface area contributed by atoms with E-state index in [2.05, 4.69) is 40.3 Å². The maximum Gasteiger partial charge on any atom is 0.119 e.